The second-order valence-corrected chi connectivity index (χ2v) is 4.16. The maximum absolute atomic E-state index is 11.5. The molecule has 3 heteroatoms. The maximum Gasteiger partial charge on any atom is 0.339 e. The van der Waals surface area contributed by atoms with Gasteiger partial charge in [-0.2, -0.15) is 0 Å². The van der Waals surface area contributed by atoms with Crippen LogP contribution in [0.4, 0.5) is 0 Å². The van der Waals surface area contributed by atoms with E-state index in [1.54, 1.807) is 6.20 Å². The van der Waals surface area contributed by atoms with Crippen LogP contribution in [0.1, 0.15) is 21.6 Å². The Morgan fingerprint density at radius 3 is 2.56 bits per heavy atom. The number of carbonyl (C=O) groups excluding carboxylic acids is 1. The third-order valence-electron chi connectivity index (χ3n) is 2.94. The molecule has 1 aromatic carbocycles. The lowest BCUT2D eigenvalue weighted by Gasteiger charge is -2.10. The molecule has 2 rings (SSSR count). The molecule has 18 heavy (non-hydrogen) atoms. The predicted octanol–water partition coefficient (Wildman–Crippen LogP) is 3.15. The molecule has 0 fully saturated rings. The highest BCUT2D eigenvalue weighted by Crippen LogP contribution is 2.26. The molecular formula is C15H15NO2. The van der Waals surface area contributed by atoms with Gasteiger partial charge in [0.2, 0.25) is 0 Å². The average molecular weight is 241 g/mol. The largest absolute Gasteiger partial charge is 0.465 e. The van der Waals surface area contributed by atoms with E-state index in [-0.39, 0.29) is 5.97 Å². The molecule has 92 valence electrons. The maximum atomic E-state index is 11.5. The zero-order valence-electron chi connectivity index (χ0n) is 10.7. The molecule has 0 radical (unpaired) electrons. The number of methoxy groups -OCH3 is 1. The average Bonchev–Trinajstić information content (AvgIpc) is 2.39. The monoisotopic (exact) mass is 241 g/mol. The number of carbonyl (C=O) groups is 1. The number of rotatable bonds is 2. The van der Waals surface area contributed by atoms with Crippen molar-refractivity contribution in [3.05, 3.63) is 53.3 Å². The minimum atomic E-state index is -0.364. The van der Waals surface area contributed by atoms with Crippen molar-refractivity contribution < 1.29 is 9.53 Å². The van der Waals surface area contributed by atoms with Gasteiger partial charge in [-0.1, -0.05) is 24.3 Å². The van der Waals surface area contributed by atoms with Crippen LogP contribution in [0.3, 0.4) is 0 Å². The van der Waals surface area contributed by atoms with Crippen molar-refractivity contribution in [2.75, 3.05) is 7.11 Å². The third-order valence-corrected chi connectivity index (χ3v) is 2.94. The van der Waals surface area contributed by atoms with Gasteiger partial charge in [0.1, 0.15) is 0 Å². The Labute approximate surface area is 106 Å². The molecule has 0 aliphatic rings. The van der Waals surface area contributed by atoms with Gasteiger partial charge in [0, 0.05) is 17.5 Å². The molecule has 0 atom stereocenters. The summed E-state index contributed by atoms with van der Waals surface area (Å²) in [5.74, 6) is -0.364. The van der Waals surface area contributed by atoms with Gasteiger partial charge in [0.15, 0.2) is 0 Å². The summed E-state index contributed by atoms with van der Waals surface area (Å²) in [4.78, 5) is 15.8. The fourth-order valence-electron chi connectivity index (χ4n) is 1.91. The Morgan fingerprint density at radius 1 is 1.17 bits per heavy atom. The summed E-state index contributed by atoms with van der Waals surface area (Å²) >= 11 is 0. The van der Waals surface area contributed by atoms with Crippen LogP contribution in [0, 0.1) is 13.8 Å². The van der Waals surface area contributed by atoms with E-state index >= 15 is 0 Å². The summed E-state index contributed by atoms with van der Waals surface area (Å²) in [6.07, 6.45) is 1.54. The second-order valence-electron chi connectivity index (χ2n) is 4.16. The molecule has 2 aromatic rings. The van der Waals surface area contributed by atoms with Crippen molar-refractivity contribution in [1.29, 1.82) is 0 Å². The number of nitrogens with zero attached hydrogens (tertiary/aromatic N) is 1. The molecular weight excluding hydrogens is 226 g/mol. The Kier molecular flexibility index (Phi) is 3.42. The van der Waals surface area contributed by atoms with Gasteiger partial charge in [-0.15, -0.1) is 0 Å². The van der Waals surface area contributed by atoms with E-state index in [9.17, 15) is 4.79 Å². The zero-order chi connectivity index (χ0) is 13.1. The first kappa shape index (κ1) is 12.3. The van der Waals surface area contributed by atoms with Crippen molar-refractivity contribution in [1.82, 2.24) is 4.98 Å². The van der Waals surface area contributed by atoms with Crippen LogP contribution in [0.5, 0.6) is 0 Å². The van der Waals surface area contributed by atoms with E-state index in [1.165, 1.54) is 7.11 Å². The molecule has 0 bridgehead atoms. The molecule has 1 aromatic heterocycles. The van der Waals surface area contributed by atoms with Crippen molar-refractivity contribution >= 4 is 5.97 Å². The van der Waals surface area contributed by atoms with Gasteiger partial charge in [-0.05, 0) is 31.0 Å². The summed E-state index contributed by atoms with van der Waals surface area (Å²) in [6, 6.07) is 9.87. The predicted molar refractivity (Wildman–Crippen MR) is 70.5 cm³/mol. The van der Waals surface area contributed by atoms with Crippen LogP contribution in [0.2, 0.25) is 0 Å². The van der Waals surface area contributed by atoms with Crippen LogP contribution in [-0.2, 0) is 4.74 Å². The van der Waals surface area contributed by atoms with E-state index in [4.69, 9.17) is 4.74 Å². The lowest BCUT2D eigenvalue weighted by atomic mass is 9.98. The van der Waals surface area contributed by atoms with Crippen molar-refractivity contribution in [3.63, 3.8) is 0 Å². The fraction of sp³-hybridized carbons (Fsp3) is 0.200. The molecule has 0 N–H and O–H groups in total. The summed E-state index contributed by atoms with van der Waals surface area (Å²) in [6.45, 7) is 3.97. The Hall–Kier alpha value is -2.16. The third kappa shape index (κ3) is 2.25. The molecule has 0 amide bonds. The van der Waals surface area contributed by atoms with E-state index in [1.807, 2.05) is 44.2 Å². The first-order chi connectivity index (χ1) is 8.63. The van der Waals surface area contributed by atoms with E-state index in [2.05, 4.69) is 4.98 Å². The van der Waals surface area contributed by atoms with Gasteiger partial charge in [0.05, 0.1) is 12.7 Å². The molecule has 1 heterocycles. The smallest absolute Gasteiger partial charge is 0.339 e. The first-order valence-electron chi connectivity index (χ1n) is 5.74. The van der Waals surface area contributed by atoms with Crippen molar-refractivity contribution in [2.45, 2.75) is 13.8 Å². The zero-order valence-corrected chi connectivity index (χ0v) is 10.7. The number of aromatic nitrogens is 1. The van der Waals surface area contributed by atoms with Gasteiger partial charge in [0.25, 0.3) is 0 Å². The van der Waals surface area contributed by atoms with Crippen molar-refractivity contribution in [3.8, 4) is 11.1 Å². The number of pyridine rings is 1. The SMILES string of the molecule is COC(=O)c1cnc(C)c(-c2ccccc2C)c1. The summed E-state index contributed by atoms with van der Waals surface area (Å²) < 4.78 is 4.72. The van der Waals surface area contributed by atoms with Crippen molar-refractivity contribution in [2.24, 2.45) is 0 Å². The minimum Gasteiger partial charge on any atom is -0.465 e. The molecule has 0 aliphatic heterocycles. The fourth-order valence-corrected chi connectivity index (χ4v) is 1.91. The second kappa shape index (κ2) is 5.00. The number of benzene rings is 1. The van der Waals surface area contributed by atoms with E-state index in [0.29, 0.717) is 5.56 Å². The summed E-state index contributed by atoms with van der Waals surface area (Å²) in [5.41, 5.74) is 4.59. The molecule has 0 aliphatic carbocycles. The Balaban J connectivity index is 2.57. The summed E-state index contributed by atoms with van der Waals surface area (Å²) in [7, 11) is 1.37. The van der Waals surface area contributed by atoms with Gasteiger partial charge in [-0.3, -0.25) is 4.98 Å². The van der Waals surface area contributed by atoms with Gasteiger partial charge >= 0.3 is 5.97 Å². The number of aryl methyl sites for hydroxylation is 2. The van der Waals surface area contributed by atoms with Crippen LogP contribution >= 0.6 is 0 Å². The Bertz CT molecular complexity index is 591. The number of esters is 1. The van der Waals surface area contributed by atoms with Crippen LogP contribution < -0.4 is 0 Å². The molecule has 0 saturated carbocycles. The molecule has 0 saturated heterocycles. The van der Waals surface area contributed by atoms with Crippen LogP contribution in [0.25, 0.3) is 11.1 Å². The standard InChI is InChI=1S/C15H15NO2/c1-10-6-4-5-7-13(10)14-8-12(15(17)18-3)9-16-11(14)2/h4-9H,1-3H3. The van der Waals surface area contributed by atoms with E-state index in [0.717, 1.165) is 22.4 Å². The normalized spacial score (nSPS) is 10.2. The highest BCUT2D eigenvalue weighted by Gasteiger charge is 2.11. The van der Waals surface area contributed by atoms with Gasteiger partial charge in [-0.25, -0.2) is 4.79 Å². The number of hydrogen-bond donors (Lipinski definition) is 0. The van der Waals surface area contributed by atoms with E-state index < -0.39 is 0 Å². The number of ether oxygens (including phenoxy) is 1. The topological polar surface area (TPSA) is 39.2 Å². The van der Waals surface area contributed by atoms with Gasteiger partial charge < -0.3 is 4.74 Å². The summed E-state index contributed by atoms with van der Waals surface area (Å²) in [5, 5.41) is 0. The lowest BCUT2D eigenvalue weighted by Crippen LogP contribution is -2.03. The minimum absolute atomic E-state index is 0.364. The molecule has 0 spiro atoms. The Morgan fingerprint density at radius 2 is 1.89 bits per heavy atom. The highest BCUT2D eigenvalue weighted by atomic mass is 16.5. The molecule has 0 unspecified atom stereocenters. The quantitative estimate of drug-likeness (QED) is 0.758. The van der Waals surface area contributed by atoms with Crippen LogP contribution in [0.15, 0.2) is 36.5 Å². The van der Waals surface area contributed by atoms with Crippen LogP contribution in [-0.4, -0.2) is 18.1 Å². The number of hydrogen-bond acceptors (Lipinski definition) is 3. The first-order valence-corrected chi connectivity index (χ1v) is 5.74. The lowest BCUT2D eigenvalue weighted by molar-refractivity contribution is 0.0600. The highest BCUT2D eigenvalue weighted by molar-refractivity contribution is 5.91. The molecule has 3 nitrogen and oxygen atoms in total.